The number of piperazine rings is 1. The van der Waals surface area contributed by atoms with Crippen LogP contribution >= 0.6 is 0 Å². The highest BCUT2D eigenvalue weighted by Gasteiger charge is 2.29. The number of benzene rings is 1. The maximum atomic E-state index is 12.8. The Balaban J connectivity index is 0.00000149. The summed E-state index contributed by atoms with van der Waals surface area (Å²) in [6.45, 7) is 1.93. The molecule has 1 aromatic heterocycles. The topological polar surface area (TPSA) is 120 Å². The number of carbonyl (C=O) groups excluding carboxylic acids is 2. The van der Waals surface area contributed by atoms with Gasteiger partial charge in [0, 0.05) is 18.7 Å². The average Bonchev–Trinajstić information content (AvgIpc) is 3.55. The van der Waals surface area contributed by atoms with Crippen molar-refractivity contribution in [2.45, 2.75) is 39.8 Å². The molecular formula is C22H28F2N4O5. The zero-order valence-electron chi connectivity index (χ0n) is 18.6. The fraction of sp³-hybridized carbons (Fsp3) is 0.500. The maximum absolute atomic E-state index is 12.8. The van der Waals surface area contributed by atoms with Gasteiger partial charge >= 0.3 is 6.61 Å². The van der Waals surface area contributed by atoms with Crippen LogP contribution < -0.4 is 20.5 Å². The lowest BCUT2D eigenvalue weighted by atomic mass is 10.2. The monoisotopic (exact) mass is 466 g/mol. The van der Waals surface area contributed by atoms with Crippen LogP contribution in [0, 0.1) is 5.92 Å². The summed E-state index contributed by atoms with van der Waals surface area (Å²) in [6, 6.07) is 4.30. The number of hydrogen-bond acceptors (Lipinski definition) is 7. The molecule has 3 N–H and O–H groups in total. The maximum Gasteiger partial charge on any atom is 0.387 e. The van der Waals surface area contributed by atoms with E-state index in [0.29, 0.717) is 31.2 Å². The first-order chi connectivity index (χ1) is 15.9. The first-order valence-electron chi connectivity index (χ1n) is 10.9. The van der Waals surface area contributed by atoms with Crippen LogP contribution in [0.15, 0.2) is 22.6 Å². The molecule has 2 heterocycles. The van der Waals surface area contributed by atoms with E-state index in [1.807, 2.05) is 13.8 Å². The molecule has 0 spiro atoms. The molecule has 2 aliphatic rings. The predicted octanol–water partition coefficient (Wildman–Crippen LogP) is 2.79. The summed E-state index contributed by atoms with van der Waals surface area (Å²) in [7, 11) is 0. The van der Waals surface area contributed by atoms with Gasteiger partial charge in [-0.2, -0.15) is 8.78 Å². The number of halogens is 2. The molecule has 2 fully saturated rings. The van der Waals surface area contributed by atoms with Crippen molar-refractivity contribution in [3.05, 3.63) is 29.7 Å². The van der Waals surface area contributed by atoms with Crippen LogP contribution in [0.4, 0.5) is 8.78 Å². The summed E-state index contributed by atoms with van der Waals surface area (Å²) < 4.78 is 41.4. The second-order valence-corrected chi connectivity index (χ2v) is 7.37. The third kappa shape index (κ3) is 6.19. The van der Waals surface area contributed by atoms with Gasteiger partial charge in [0.05, 0.1) is 19.7 Å². The fourth-order valence-corrected chi connectivity index (χ4v) is 3.18. The molecule has 180 valence electrons. The normalized spacial score (nSPS) is 15.6. The molecule has 1 saturated heterocycles. The van der Waals surface area contributed by atoms with E-state index in [1.54, 1.807) is 0 Å². The van der Waals surface area contributed by atoms with Gasteiger partial charge in [-0.25, -0.2) is 4.98 Å². The van der Waals surface area contributed by atoms with Crippen LogP contribution in [-0.4, -0.2) is 54.6 Å². The van der Waals surface area contributed by atoms with Gasteiger partial charge in [-0.05, 0) is 37.0 Å². The average molecular weight is 466 g/mol. The molecule has 1 aromatic carbocycles. The van der Waals surface area contributed by atoms with E-state index in [1.165, 1.54) is 23.1 Å². The van der Waals surface area contributed by atoms with Crippen LogP contribution in [0.5, 0.6) is 11.5 Å². The Bertz CT molecular complexity index is 978. The Morgan fingerprint density at radius 1 is 1.33 bits per heavy atom. The minimum absolute atomic E-state index is 0.0144. The Labute approximate surface area is 190 Å². The van der Waals surface area contributed by atoms with E-state index in [9.17, 15) is 18.4 Å². The van der Waals surface area contributed by atoms with E-state index in [-0.39, 0.29) is 47.8 Å². The molecule has 2 aromatic rings. The molecule has 0 radical (unpaired) electrons. The molecule has 33 heavy (non-hydrogen) atoms. The zero-order valence-corrected chi connectivity index (χ0v) is 18.6. The second-order valence-electron chi connectivity index (χ2n) is 7.37. The number of nitrogens with one attached hydrogen (secondary N) is 1. The van der Waals surface area contributed by atoms with Gasteiger partial charge in [0.25, 0.3) is 5.91 Å². The van der Waals surface area contributed by atoms with Gasteiger partial charge in [-0.15, -0.1) is 0 Å². The molecule has 0 bridgehead atoms. The standard InChI is InChI=1S/C20H22F2N4O5.C2H6/c21-20(22)31-13-4-3-12(7-14(13)29-10-11-1-2-11)18-25-17(15(8-23)30-18)19(28)26-6-5-24-16(27)9-26;1-2/h3-4,7,11,20H,1-2,5-6,8-10,23H2,(H,24,27);1-2H3. The lowest BCUT2D eigenvalue weighted by Gasteiger charge is -2.25. The third-order valence-corrected chi connectivity index (χ3v) is 4.99. The summed E-state index contributed by atoms with van der Waals surface area (Å²) >= 11 is 0. The molecule has 11 heteroatoms. The van der Waals surface area contributed by atoms with Crippen molar-refractivity contribution in [1.82, 2.24) is 15.2 Å². The number of ether oxygens (including phenoxy) is 2. The molecule has 4 rings (SSSR count). The number of nitrogens with two attached hydrogens (primary N) is 1. The van der Waals surface area contributed by atoms with Crippen LogP contribution in [0.2, 0.25) is 0 Å². The van der Waals surface area contributed by atoms with Crippen molar-refractivity contribution in [1.29, 1.82) is 0 Å². The Morgan fingerprint density at radius 2 is 2.09 bits per heavy atom. The lowest BCUT2D eigenvalue weighted by molar-refractivity contribution is -0.123. The highest BCUT2D eigenvalue weighted by Crippen LogP contribution is 2.36. The number of hydrogen-bond donors (Lipinski definition) is 2. The summed E-state index contributed by atoms with van der Waals surface area (Å²) in [4.78, 5) is 30.1. The third-order valence-electron chi connectivity index (χ3n) is 4.99. The van der Waals surface area contributed by atoms with Crippen LogP contribution in [-0.2, 0) is 11.3 Å². The molecule has 9 nitrogen and oxygen atoms in total. The van der Waals surface area contributed by atoms with Gasteiger partial charge in [-0.3, -0.25) is 9.59 Å². The van der Waals surface area contributed by atoms with Crippen molar-refractivity contribution in [3.63, 3.8) is 0 Å². The van der Waals surface area contributed by atoms with Crippen molar-refractivity contribution < 1.29 is 32.3 Å². The quantitative estimate of drug-likeness (QED) is 0.614. The van der Waals surface area contributed by atoms with E-state index in [4.69, 9.17) is 14.9 Å². The highest BCUT2D eigenvalue weighted by molar-refractivity contribution is 5.96. The number of alkyl halides is 2. The fourth-order valence-electron chi connectivity index (χ4n) is 3.18. The summed E-state index contributed by atoms with van der Waals surface area (Å²) in [5, 5.41) is 2.65. The summed E-state index contributed by atoms with van der Waals surface area (Å²) in [5.41, 5.74) is 6.15. The largest absolute Gasteiger partial charge is 0.489 e. The van der Waals surface area contributed by atoms with Crippen LogP contribution in [0.25, 0.3) is 11.5 Å². The zero-order chi connectivity index (χ0) is 24.0. The van der Waals surface area contributed by atoms with E-state index in [0.717, 1.165) is 12.8 Å². The first kappa shape index (κ1) is 24.4. The molecule has 0 unspecified atom stereocenters. The number of rotatable bonds is 8. The molecule has 1 aliphatic heterocycles. The number of carbonyl (C=O) groups is 2. The number of oxazole rings is 1. The lowest BCUT2D eigenvalue weighted by Crippen LogP contribution is -2.50. The molecular weight excluding hydrogens is 438 g/mol. The Hall–Kier alpha value is -3.21. The Kier molecular flexibility index (Phi) is 8.21. The summed E-state index contributed by atoms with van der Waals surface area (Å²) in [6.07, 6.45) is 2.06. The minimum Gasteiger partial charge on any atom is -0.489 e. The van der Waals surface area contributed by atoms with Gasteiger partial charge < -0.3 is 29.8 Å². The minimum atomic E-state index is -2.99. The van der Waals surface area contributed by atoms with Crippen molar-refractivity contribution in [2.24, 2.45) is 11.7 Å². The van der Waals surface area contributed by atoms with Crippen LogP contribution in [0.3, 0.4) is 0 Å². The molecule has 1 aliphatic carbocycles. The Morgan fingerprint density at radius 3 is 2.73 bits per heavy atom. The smallest absolute Gasteiger partial charge is 0.387 e. The van der Waals surface area contributed by atoms with Gasteiger partial charge in [0.1, 0.15) is 0 Å². The van der Waals surface area contributed by atoms with E-state index in [2.05, 4.69) is 15.0 Å². The summed E-state index contributed by atoms with van der Waals surface area (Å²) in [5.74, 6) is -0.0275. The van der Waals surface area contributed by atoms with Gasteiger partial charge in [0.15, 0.2) is 23.0 Å². The van der Waals surface area contributed by atoms with Crippen LogP contribution in [0.1, 0.15) is 42.9 Å². The highest BCUT2D eigenvalue weighted by atomic mass is 19.3. The van der Waals surface area contributed by atoms with Crippen molar-refractivity contribution in [3.8, 4) is 23.0 Å². The number of nitrogens with zero attached hydrogens (tertiary/aromatic N) is 2. The number of aromatic nitrogens is 1. The number of amides is 2. The molecule has 1 saturated carbocycles. The van der Waals surface area contributed by atoms with E-state index >= 15 is 0 Å². The predicted molar refractivity (Wildman–Crippen MR) is 115 cm³/mol. The van der Waals surface area contributed by atoms with E-state index < -0.39 is 12.5 Å². The first-order valence-corrected chi connectivity index (χ1v) is 10.9. The van der Waals surface area contributed by atoms with Crippen molar-refractivity contribution >= 4 is 11.8 Å². The van der Waals surface area contributed by atoms with Crippen molar-refractivity contribution in [2.75, 3.05) is 26.2 Å². The van der Waals surface area contributed by atoms with Gasteiger partial charge in [0.2, 0.25) is 11.8 Å². The van der Waals surface area contributed by atoms with Gasteiger partial charge in [-0.1, -0.05) is 13.8 Å². The molecule has 0 atom stereocenters. The molecule has 2 amide bonds. The second kappa shape index (κ2) is 11.1. The SMILES string of the molecule is CC.NCc1oc(-c2ccc(OC(F)F)c(OCC3CC3)c2)nc1C(=O)N1CCNC(=O)C1.